The normalized spacial score (nSPS) is 10.6. The van der Waals surface area contributed by atoms with Gasteiger partial charge in [0.25, 0.3) is 0 Å². The Labute approximate surface area is 123 Å². The monoisotopic (exact) mass is 291 g/mol. The van der Waals surface area contributed by atoms with Gasteiger partial charge in [-0.15, -0.1) is 11.3 Å². The number of aromatic nitrogens is 3. The van der Waals surface area contributed by atoms with Crippen LogP contribution in [0.25, 0.3) is 0 Å². The molecular formula is C14H21N5S. The van der Waals surface area contributed by atoms with Crippen molar-refractivity contribution in [3.8, 4) is 0 Å². The van der Waals surface area contributed by atoms with Crippen molar-refractivity contribution in [3.05, 3.63) is 28.0 Å². The molecule has 5 nitrogen and oxygen atoms in total. The summed E-state index contributed by atoms with van der Waals surface area (Å²) in [6.07, 6.45) is 1.98. The molecule has 0 aliphatic heterocycles. The van der Waals surface area contributed by atoms with Crippen LogP contribution in [0, 0.1) is 13.8 Å². The number of thiazole rings is 1. The van der Waals surface area contributed by atoms with E-state index in [1.54, 1.807) is 11.3 Å². The first kappa shape index (κ1) is 14.7. The second-order valence-corrected chi connectivity index (χ2v) is 5.40. The number of rotatable bonds is 7. The SMILES string of the molecule is CCCNc1nc(C)nc(NCCc2cscn2)c1C. The van der Waals surface area contributed by atoms with E-state index in [2.05, 4.69) is 37.9 Å². The van der Waals surface area contributed by atoms with Gasteiger partial charge in [0.15, 0.2) is 0 Å². The second-order valence-electron chi connectivity index (χ2n) is 4.68. The number of nitrogens with one attached hydrogen (secondary N) is 2. The minimum absolute atomic E-state index is 0.783. The van der Waals surface area contributed by atoms with Crippen LogP contribution >= 0.6 is 11.3 Å². The molecule has 2 aromatic heterocycles. The van der Waals surface area contributed by atoms with E-state index in [0.29, 0.717) is 0 Å². The van der Waals surface area contributed by atoms with E-state index in [1.165, 1.54) is 0 Å². The molecule has 2 aromatic rings. The van der Waals surface area contributed by atoms with Crippen LogP contribution in [-0.2, 0) is 6.42 Å². The van der Waals surface area contributed by atoms with Crippen molar-refractivity contribution >= 4 is 23.0 Å². The molecule has 0 fully saturated rings. The zero-order valence-corrected chi connectivity index (χ0v) is 13.0. The van der Waals surface area contributed by atoms with Crippen molar-refractivity contribution in [2.24, 2.45) is 0 Å². The van der Waals surface area contributed by atoms with Gasteiger partial charge in [-0.1, -0.05) is 6.92 Å². The van der Waals surface area contributed by atoms with Crippen LogP contribution in [0.15, 0.2) is 10.9 Å². The maximum atomic E-state index is 4.48. The molecule has 0 saturated carbocycles. The van der Waals surface area contributed by atoms with Crippen LogP contribution < -0.4 is 10.6 Å². The molecular weight excluding hydrogens is 270 g/mol. The van der Waals surface area contributed by atoms with Crippen LogP contribution in [0.1, 0.15) is 30.4 Å². The van der Waals surface area contributed by atoms with Gasteiger partial charge in [0.2, 0.25) is 0 Å². The van der Waals surface area contributed by atoms with Crippen molar-refractivity contribution in [2.75, 3.05) is 23.7 Å². The maximum Gasteiger partial charge on any atom is 0.134 e. The van der Waals surface area contributed by atoms with Crippen molar-refractivity contribution in [2.45, 2.75) is 33.6 Å². The lowest BCUT2D eigenvalue weighted by molar-refractivity contribution is 0.929. The zero-order valence-electron chi connectivity index (χ0n) is 12.2. The lowest BCUT2D eigenvalue weighted by atomic mass is 10.2. The van der Waals surface area contributed by atoms with Gasteiger partial charge in [-0.3, -0.25) is 0 Å². The summed E-state index contributed by atoms with van der Waals surface area (Å²) in [5.74, 6) is 2.62. The van der Waals surface area contributed by atoms with Crippen LogP contribution in [0.5, 0.6) is 0 Å². The Kier molecular flexibility index (Phi) is 5.29. The molecule has 108 valence electrons. The van der Waals surface area contributed by atoms with E-state index in [0.717, 1.165) is 54.6 Å². The predicted octanol–water partition coefficient (Wildman–Crippen LogP) is 3.03. The molecule has 0 radical (unpaired) electrons. The molecule has 0 saturated heterocycles. The van der Waals surface area contributed by atoms with E-state index in [-0.39, 0.29) is 0 Å². The summed E-state index contributed by atoms with van der Waals surface area (Å²) >= 11 is 1.63. The number of hydrogen-bond donors (Lipinski definition) is 2. The highest BCUT2D eigenvalue weighted by Gasteiger charge is 2.08. The van der Waals surface area contributed by atoms with Gasteiger partial charge >= 0.3 is 0 Å². The Balaban J connectivity index is 2.01. The Hall–Kier alpha value is -1.69. The van der Waals surface area contributed by atoms with Gasteiger partial charge in [0.05, 0.1) is 11.2 Å². The molecule has 0 aliphatic carbocycles. The summed E-state index contributed by atoms with van der Waals surface area (Å²) in [7, 11) is 0. The van der Waals surface area contributed by atoms with E-state index in [9.17, 15) is 0 Å². The Morgan fingerprint density at radius 1 is 1.10 bits per heavy atom. The average molecular weight is 291 g/mol. The van der Waals surface area contributed by atoms with E-state index in [1.807, 2.05) is 19.4 Å². The third-order valence-corrected chi connectivity index (χ3v) is 3.59. The first-order valence-electron chi connectivity index (χ1n) is 6.90. The molecule has 20 heavy (non-hydrogen) atoms. The average Bonchev–Trinajstić information content (AvgIpc) is 2.94. The van der Waals surface area contributed by atoms with Gasteiger partial charge < -0.3 is 10.6 Å². The van der Waals surface area contributed by atoms with E-state index < -0.39 is 0 Å². The highest BCUT2D eigenvalue weighted by molar-refractivity contribution is 7.07. The fraction of sp³-hybridized carbons (Fsp3) is 0.500. The molecule has 0 spiro atoms. The number of aryl methyl sites for hydroxylation is 1. The predicted molar refractivity (Wildman–Crippen MR) is 84.6 cm³/mol. The minimum atomic E-state index is 0.783. The molecule has 0 atom stereocenters. The molecule has 0 amide bonds. The molecule has 2 heterocycles. The first-order chi connectivity index (χ1) is 9.70. The van der Waals surface area contributed by atoms with Crippen molar-refractivity contribution in [1.29, 1.82) is 0 Å². The number of hydrogen-bond acceptors (Lipinski definition) is 6. The summed E-state index contributed by atoms with van der Waals surface area (Å²) in [5.41, 5.74) is 4.06. The minimum Gasteiger partial charge on any atom is -0.370 e. The second kappa shape index (κ2) is 7.19. The molecule has 6 heteroatoms. The van der Waals surface area contributed by atoms with Crippen LogP contribution in [0.4, 0.5) is 11.6 Å². The van der Waals surface area contributed by atoms with Crippen molar-refractivity contribution in [1.82, 2.24) is 15.0 Å². The van der Waals surface area contributed by atoms with Gasteiger partial charge in [-0.2, -0.15) is 0 Å². The van der Waals surface area contributed by atoms with Crippen molar-refractivity contribution < 1.29 is 0 Å². The summed E-state index contributed by atoms with van der Waals surface area (Å²) in [6.45, 7) is 7.86. The van der Waals surface area contributed by atoms with Gasteiger partial charge in [0.1, 0.15) is 17.5 Å². The van der Waals surface area contributed by atoms with Crippen molar-refractivity contribution in [3.63, 3.8) is 0 Å². The lowest BCUT2D eigenvalue weighted by Crippen LogP contribution is -2.12. The Morgan fingerprint density at radius 2 is 1.80 bits per heavy atom. The van der Waals surface area contributed by atoms with Crippen LogP contribution in [0.2, 0.25) is 0 Å². The van der Waals surface area contributed by atoms with Gasteiger partial charge in [-0.25, -0.2) is 15.0 Å². The Morgan fingerprint density at radius 3 is 2.40 bits per heavy atom. The molecule has 2 rings (SSSR count). The standard InChI is InChI=1S/C14H21N5S/c1-4-6-15-13-10(2)14(19-11(3)18-13)16-7-5-12-8-20-9-17-12/h8-9H,4-7H2,1-3H3,(H2,15,16,18,19). The Bertz CT molecular complexity index is 539. The quantitative estimate of drug-likeness (QED) is 0.821. The highest BCUT2D eigenvalue weighted by atomic mass is 32.1. The highest BCUT2D eigenvalue weighted by Crippen LogP contribution is 2.19. The molecule has 0 aliphatic rings. The van der Waals surface area contributed by atoms with E-state index in [4.69, 9.17) is 0 Å². The molecule has 0 unspecified atom stereocenters. The first-order valence-corrected chi connectivity index (χ1v) is 7.85. The zero-order chi connectivity index (χ0) is 14.4. The molecule has 0 aromatic carbocycles. The third kappa shape index (κ3) is 3.90. The topological polar surface area (TPSA) is 62.7 Å². The lowest BCUT2D eigenvalue weighted by Gasteiger charge is -2.13. The van der Waals surface area contributed by atoms with Gasteiger partial charge in [-0.05, 0) is 20.3 Å². The fourth-order valence-electron chi connectivity index (χ4n) is 1.89. The largest absolute Gasteiger partial charge is 0.370 e. The smallest absolute Gasteiger partial charge is 0.134 e. The third-order valence-electron chi connectivity index (χ3n) is 2.96. The van der Waals surface area contributed by atoms with Crippen LogP contribution in [0.3, 0.4) is 0 Å². The maximum absolute atomic E-state index is 4.48. The van der Waals surface area contributed by atoms with E-state index >= 15 is 0 Å². The summed E-state index contributed by atoms with van der Waals surface area (Å²) < 4.78 is 0. The van der Waals surface area contributed by atoms with Gasteiger partial charge in [0, 0.05) is 30.5 Å². The fourth-order valence-corrected chi connectivity index (χ4v) is 2.48. The summed E-state index contributed by atoms with van der Waals surface area (Å²) in [4.78, 5) is 13.2. The molecule has 2 N–H and O–H groups in total. The summed E-state index contributed by atoms with van der Waals surface area (Å²) in [5, 5.41) is 8.81. The number of nitrogens with zero attached hydrogens (tertiary/aromatic N) is 3. The number of anilines is 2. The summed E-state index contributed by atoms with van der Waals surface area (Å²) in [6, 6.07) is 0. The van der Waals surface area contributed by atoms with Crippen LogP contribution in [-0.4, -0.2) is 28.0 Å². The molecule has 0 bridgehead atoms.